The lowest BCUT2D eigenvalue weighted by Gasteiger charge is -2.72. The summed E-state index contributed by atoms with van der Waals surface area (Å²) in [4.78, 5) is 40.3. The van der Waals surface area contributed by atoms with Crippen LogP contribution in [0.1, 0.15) is 114 Å². The van der Waals surface area contributed by atoms with Gasteiger partial charge in [0, 0.05) is 22.0 Å². The fourth-order valence-corrected chi connectivity index (χ4v) is 16.2. The predicted molar refractivity (Wildman–Crippen MR) is 277 cm³/mol. The molecule has 8 aliphatic rings. The molecule has 4 saturated carbocycles. The Hall–Kier alpha value is -3.05. The second-order valence-electron chi connectivity index (χ2n) is 25.8. The molecule has 3 aliphatic heterocycles. The van der Waals surface area contributed by atoms with Crippen molar-refractivity contribution in [3.8, 4) is 0 Å². The summed E-state index contributed by atoms with van der Waals surface area (Å²) in [5.41, 5.74) is -3.55. The van der Waals surface area contributed by atoms with Crippen molar-refractivity contribution < 1.29 is 114 Å². The van der Waals surface area contributed by atoms with Crippen LogP contribution in [-0.2, 0) is 52.3 Å². The van der Waals surface area contributed by atoms with E-state index < -0.39 is 193 Å². The number of allylic oxidation sites excluding steroid dienone is 4. The van der Waals surface area contributed by atoms with Crippen LogP contribution in [-0.4, -0.2) is 216 Å². The van der Waals surface area contributed by atoms with Crippen molar-refractivity contribution in [1.82, 2.24) is 0 Å². The zero-order valence-electron chi connectivity index (χ0n) is 47.5. The van der Waals surface area contributed by atoms with Gasteiger partial charge in [0.25, 0.3) is 0 Å². The SMILES string of the molecule is C/C=C(/C)C(=O)O[C@H]1[C@H](OC(=O)/C(C)=C\C)[C@@]2(CO)C(CC1(C)C)C1=CCC3[C@@]4(C)CC[C@H](O[C@@H]5OC(C(=O)O)[C@@H](O)[C@@H](O[C@@H]6O[C@@H](CO)[C@@H](O)C6O)C5O[C@@H]5OC(CO)[C@@H](O)[C@@H](O)C5O)[C@](C)(CO)C4CC[C@@]3(C)[C@]1(C)C[C@H]2O. The molecular weight excluding hydrogens is 1050 g/mol. The van der Waals surface area contributed by atoms with E-state index in [1.807, 2.05) is 20.8 Å². The molecule has 7 fully saturated rings. The van der Waals surface area contributed by atoms with Crippen LogP contribution < -0.4 is 0 Å². The van der Waals surface area contributed by atoms with E-state index in [0.717, 1.165) is 5.57 Å². The summed E-state index contributed by atoms with van der Waals surface area (Å²) >= 11 is 0. The van der Waals surface area contributed by atoms with Gasteiger partial charge in [-0.2, -0.15) is 0 Å². The quantitative estimate of drug-likeness (QED) is 0.0453. The van der Waals surface area contributed by atoms with E-state index in [9.17, 15) is 75.7 Å². The van der Waals surface area contributed by atoms with E-state index >= 15 is 0 Å². The van der Waals surface area contributed by atoms with Gasteiger partial charge in [-0.3, -0.25) is 0 Å². The number of hydrogen-bond acceptors (Lipinski definition) is 22. The molecule has 0 amide bonds. The van der Waals surface area contributed by atoms with E-state index in [1.54, 1.807) is 39.8 Å². The minimum Gasteiger partial charge on any atom is -0.479 e. The van der Waals surface area contributed by atoms with Gasteiger partial charge in [-0.1, -0.05) is 65.3 Å². The number of aliphatic hydroxyl groups excluding tert-OH is 11. The fourth-order valence-electron chi connectivity index (χ4n) is 16.2. The van der Waals surface area contributed by atoms with Crippen molar-refractivity contribution >= 4 is 17.9 Å². The van der Waals surface area contributed by atoms with Gasteiger partial charge >= 0.3 is 17.9 Å². The third kappa shape index (κ3) is 9.95. The zero-order valence-corrected chi connectivity index (χ0v) is 47.5. The first-order valence-electron chi connectivity index (χ1n) is 28.2. The maximum Gasteiger partial charge on any atom is 0.335 e. The molecule has 0 aromatic carbocycles. The van der Waals surface area contributed by atoms with Crippen molar-refractivity contribution in [3.63, 3.8) is 0 Å². The topological polar surface area (TPSA) is 368 Å². The maximum absolute atomic E-state index is 13.8. The van der Waals surface area contributed by atoms with Crippen LogP contribution in [0.25, 0.3) is 0 Å². The molecule has 12 N–H and O–H groups in total. The highest BCUT2D eigenvalue weighted by molar-refractivity contribution is 5.89. The maximum atomic E-state index is 13.8. The average molecular weight is 1140 g/mol. The number of hydrogen-bond donors (Lipinski definition) is 12. The first-order valence-corrected chi connectivity index (χ1v) is 28.2. The largest absolute Gasteiger partial charge is 0.479 e. The number of esters is 2. The van der Waals surface area contributed by atoms with Gasteiger partial charge in [-0.05, 0) is 107 Å². The number of carboxylic acids is 1. The summed E-state index contributed by atoms with van der Waals surface area (Å²) < 4.78 is 49.0. The molecule has 80 heavy (non-hydrogen) atoms. The lowest BCUT2D eigenvalue weighted by atomic mass is 9.33. The third-order valence-electron chi connectivity index (χ3n) is 21.4. The summed E-state index contributed by atoms with van der Waals surface area (Å²) in [5, 5.41) is 133. The number of ether oxygens (including phenoxy) is 8. The lowest BCUT2D eigenvalue weighted by molar-refractivity contribution is -0.387. The van der Waals surface area contributed by atoms with Gasteiger partial charge in [0.1, 0.15) is 67.1 Å². The molecule has 0 spiro atoms. The molecule has 23 nitrogen and oxygen atoms in total. The zero-order chi connectivity index (χ0) is 59.1. The van der Waals surface area contributed by atoms with Crippen molar-refractivity contribution in [2.24, 2.45) is 50.2 Å². The number of carboxylic acid groups (broad SMARTS) is 1. The van der Waals surface area contributed by atoms with Crippen molar-refractivity contribution in [3.05, 3.63) is 34.9 Å². The summed E-state index contributed by atoms with van der Waals surface area (Å²) in [5.74, 6) is -3.87. The first kappa shape index (κ1) is 63.0. The second-order valence-corrected chi connectivity index (χ2v) is 25.8. The molecule has 454 valence electrons. The predicted octanol–water partition coefficient (Wildman–Crippen LogP) is 0.264. The Morgan fingerprint density at radius 3 is 1.73 bits per heavy atom. The highest BCUT2D eigenvalue weighted by Crippen LogP contribution is 2.76. The smallest absolute Gasteiger partial charge is 0.335 e. The molecule has 0 radical (unpaired) electrons. The van der Waals surface area contributed by atoms with Crippen LogP contribution in [0.5, 0.6) is 0 Å². The van der Waals surface area contributed by atoms with E-state index in [4.69, 9.17) is 37.9 Å². The highest BCUT2D eigenvalue weighted by Gasteiger charge is 2.74. The minimum absolute atomic E-state index is 0.0864. The Kier molecular flexibility index (Phi) is 18.2. The van der Waals surface area contributed by atoms with Crippen molar-refractivity contribution in [2.75, 3.05) is 26.4 Å². The summed E-state index contributed by atoms with van der Waals surface area (Å²) in [6, 6.07) is 0. The van der Waals surface area contributed by atoms with Crippen LogP contribution in [0, 0.1) is 50.2 Å². The molecule has 0 aromatic rings. The Labute approximate surface area is 466 Å². The number of carbonyl (C=O) groups is 3. The van der Waals surface area contributed by atoms with E-state index in [-0.39, 0.29) is 24.7 Å². The molecule has 3 saturated heterocycles. The average Bonchev–Trinajstić information content (AvgIpc) is 3.85. The summed E-state index contributed by atoms with van der Waals surface area (Å²) in [7, 11) is 0. The van der Waals surface area contributed by atoms with Gasteiger partial charge in [0.15, 0.2) is 31.1 Å². The molecule has 5 aliphatic carbocycles. The highest BCUT2D eigenvalue weighted by atomic mass is 16.8. The van der Waals surface area contributed by atoms with E-state index in [1.165, 1.54) is 0 Å². The Morgan fingerprint density at radius 1 is 0.637 bits per heavy atom. The summed E-state index contributed by atoms with van der Waals surface area (Å²) in [6.45, 7) is 16.4. The van der Waals surface area contributed by atoms with E-state index in [2.05, 4.69) is 26.8 Å². The lowest BCUT2D eigenvalue weighted by Crippen LogP contribution is -2.72. The first-order chi connectivity index (χ1) is 37.5. The molecule has 0 bridgehead atoms. The van der Waals surface area contributed by atoms with Crippen LogP contribution in [0.2, 0.25) is 0 Å². The van der Waals surface area contributed by atoms with E-state index in [0.29, 0.717) is 43.3 Å². The standard InChI is InChI=1S/C57H88O23/c1-11-25(3)47(71)79-44-45(80-48(72)26(4)12-2)57(24-61)28(19-52(44,5)6)27-13-14-32-53(7)17-16-34(54(8,23-60)31(53)15-18-55(32,9)56(27,10)20-33(57)62)75-51-43(78-50-39(67)37(65)35(63)29(21-58)73-50)41(40(68)42(77-51)46(69)70)76-49-38(66)36(64)30(22-59)74-49/h11-13,28-45,49-51,58-68H,14-24H2,1-10H3,(H,69,70)/b25-11-,26-12-/t28?,29?,30-,31?,32?,33+,34-,35+,36+,37+,38?,39?,40-,41+,42?,43?,44-,45-,49-,50-,51+,53-,54+,55+,56+,57-/m0/s1. The third-order valence-corrected chi connectivity index (χ3v) is 21.4. The molecule has 8 unspecified atom stereocenters. The molecule has 23 heteroatoms. The van der Waals surface area contributed by atoms with Crippen LogP contribution in [0.3, 0.4) is 0 Å². The second kappa shape index (κ2) is 23.1. The number of aliphatic carboxylic acids is 1. The number of carbonyl (C=O) groups excluding carboxylic acids is 2. The molecule has 8 rings (SSSR count). The molecular formula is C57H88O23. The van der Waals surface area contributed by atoms with Crippen LogP contribution >= 0.6 is 0 Å². The van der Waals surface area contributed by atoms with Gasteiger partial charge in [-0.15, -0.1) is 0 Å². The Morgan fingerprint density at radius 2 is 1.19 bits per heavy atom. The fraction of sp³-hybridized carbons (Fsp3) is 0.842. The number of fused-ring (bicyclic) bond motifs is 7. The molecule has 26 atom stereocenters. The monoisotopic (exact) mass is 1140 g/mol. The van der Waals surface area contributed by atoms with Gasteiger partial charge in [0.05, 0.1) is 44.1 Å². The molecule has 3 heterocycles. The Bertz CT molecular complexity index is 2380. The van der Waals surface area contributed by atoms with Gasteiger partial charge in [0.2, 0.25) is 0 Å². The number of aliphatic hydroxyl groups is 11. The van der Waals surface area contributed by atoms with Gasteiger partial charge < -0.3 is 99.2 Å². The number of rotatable bonds is 15. The van der Waals surface area contributed by atoms with Crippen molar-refractivity contribution in [1.29, 1.82) is 0 Å². The molecule has 0 aromatic heterocycles. The Balaban J connectivity index is 1.14. The van der Waals surface area contributed by atoms with Crippen molar-refractivity contribution in [2.45, 2.75) is 225 Å². The normalized spacial score (nSPS) is 49.3. The van der Waals surface area contributed by atoms with Crippen LogP contribution in [0.4, 0.5) is 0 Å². The van der Waals surface area contributed by atoms with Crippen LogP contribution in [0.15, 0.2) is 34.9 Å². The minimum atomic E-state index is -2.15. The van der Waals surface area contributed by atoms with Gasteiger partial charge in [-0.25, -0.2) is 14.4 Å². The summed E-state index contributed by atoms with van der Waals surface area (Å²) in [6.07, 6.45) is -21.9.